The molecule has 1 saturated heterocycles. The highest BCUT2D eigenvalue weighted by molar-refractivity contribution is 7.80. The highest BCUT2D eigenvalue weighted by Gasteiger charge is 2.45. The third kappa shape index (κ3) is 5.17. The van der Waals surface area contributed by atoms with Crippen LogP contribution in [0.4, 0.5) is 18.9 Å². The van der Waals surface area contributed by atoms with Crippen LogP contribution in [0.5, 0.6) is 16.7 Å². The Kier molecular flexibility index (Phi) is 6.34. The largest absolute Gasteiger partial charge is 0.573 e. The Morgan fingerprint density at radius 3 is 2.26 bits per heavy atom. The number of benzene rings is 2. The standard InChI is InChI=1S/C21H15F3N4O5S2/c1-27-17(30)15(18(31)28(2)20(27)34)16(29)25-10-3-5-11(6-4-10)32-19-26-13-8-7-12(9-14(13)35-19)33-21(22,23)24/h3-9,15H,1-2H3,(H,25,29). The first-order chi connectivity index (χ1) is 16.4. The Bertz CT molecular complexity index is 1320. The van der Waals surface area contributed by atoms with E-state index < -0.39 is 30.0 Å². The lowest BCUT2D eigenvalue weighted by molar-refractivity contribution is -0.274. The average Bonchev–Trinajstić information content (AvgIpc) is 3.18. The summed E-state index contributed by atoms with van der Waals surface area (Å²) in [5.74, 6) is -3.86. The summed E-state index contributed by atoms with van der Waals surface area (Å²) in [6.07, 6.45) is -4.80. The zero-order valence-corrected chi connectivity index (χ0v) is 19.6. The minimum atomic E-state index is -4.80. The summed E-state index contributed by atoms with van der Waals surface area (Å²) in [7, 11) is 2.76. The van der Waals surface area contributed by atoms with E-state index in [-0.39, 0.29) is 16.1 Å². The lowest BCUT2D eigenvalue weighted by Gasteiger charge is -2.34. The fourth-order valence-electron chi connectivity index (χ4n) is 3.18. The van der Waals surface area contributed by atoms with Crippen LogP contribution in [0.2, 0.25) is 0 Å². The van der Waals surface area contributed by atoms with E-state index in [2.05, 4.69) is 15.0 Å². The molecule has 3 amide bonds. The number of nitrogens with one attached hydrogen (secondary N) is 1. The van der Waals surface area contributed by atoms with Gasteiger partial charge in [-0.15, -0.1) is 13.2 Å². The molecule has 1 N–H and O–H groups in total. The van der Waals surface area contributed by atoms with Crippen molar-refractivity contribution in [3.05, 3.63) is 42.5 Å². The first kappa shape index (κ1) is 24.3. The monoisotopic (exact) mass is 524 g/mol. The third-order valence-corrected chi connectivity index (χ3v) is 6.34. The topological polar surface area (TPSA) is 101 Å². The van der Waals surface area contributed by atoms with E-state index in [9.17, 15) is 27.6 Å². The van der Waals surface area contributed by atoms with E-state index in [1.807, 2.05) is 0 Å². The highest BCUT2D eigenvalue weighted by Crippen LogP contribution is 2.35. The summed E-state index contributed by atoms with van der Waals surface area (Å²) < 4.78 is 47.2. The molecule has 35 heavy (non-hydrogen) atoms. The maximum absolute atomic E-state index is 12.6. The predicted octanol–water partition coefficient (Wildman–Crippen LogP) is 3.76. The van der Waals surface area contributed by atoms with Crippen molar-refractivity contribution in [1.29, 1.82) is 0 Å². The highest BCUT2D eigenvalue weighted by atomic mass is 32.1. The number of alkyl halides is 3. The van der Waals surface area contributed by atoms with Gasteiger partial charge in [0, 0.05) is 25.8 Å². The van der Waals surface area contributed by atoms with E-state index in [1.165, 1.54) is 50.5 Å². The second-order valence-corrected chi connectivity index (χ2v) is 8.64. The zero-order chi connectivity index (χ0) is 25.5. The molecule has 0 atom stereocenters. The molecule has 182 valence electrons. The summed E-state index contributed by atoms with van der Waals surface area (Å²) >= 11 is 6.02. The summed E-state index contributed by atoms with van der Waals surface area (Å²) in [4.78, 5) is 43.7. The number of halogens is 3. The second-order valence-electron chi connectivity index (χ2n) is 7.28. The van der Waals surface area contributed by atoms with Gasteiger partial charge in [0.15, 0.2) is 11.0 Å². The molecule has 0 saturated carbocycles. The molecule has 14 heteroatoms. The Balaban J connectivity index is 1.43. The van der Waals surface area contributed by atoms with E-state index in [0.717, 1.165) is 27.2 Å². The summed E-state index contributed by atoms with van der Waals surface area (Å²) in [5, 5.41) is 2.70. The van der Waals surface area contributed by atoms with Gasteiger partial charge in [0.25, 0.3) is 17.0 Å². The van der Waals surface area contributed by atoms with Gasteiger partial charge in [-0.25, -0.2) is 4.98 Å². The minimum absolute atomic E-state index is 0.00417. The first-order valence-corrected chi connectivity index (χ1v) is 11.0. The van der Waals surface area contributed by atoms with Crippen molar-refractivity contribution in [2.75, 3.05) is 19.4 Å². The van der Waals surface area contributed by atoms with Crippen LogP contribution in [-0.2, 0) is 14.4 Å². The fraction of sp³-hybridized carbons (Fsp3) is 0.190. The molecule has 0 aliphatic carbocycles. The number of ether oxygens (including phenoxy) is 2. The van der Waals surface area contributed by atoms with Crippen LogP contribution in [0, 0.1) is 5.92 Å². The minimum Gasteiger partial charge on any atom is -0.431 e. The molecular weight excluding hydrogens is 509 g/mol. The first-order valence-electron chi connectivity index (χ1n) is 9.77. The molecule has 4 rings (SSSR count). The van der Waals surface area contributed by atoms with Gasteiger partial charge in [0.2, 0.25) is 5.91 Å². The number of anilines is 1. The number of carbonyl (C=O) groups is 3. The number of nitrogens with zero attached hydrogens (tertiary/aromatic N) is 3. The molecule has 0 spiro atoms. The van der Waals surface area contributed by atoms with Crippen LogP contribution in [0.15, 0.2) is 42.5 Å². The molecule has 9 nitrogen and oxygen atoms in total. The summed E-state index contributed by atoms with van der Waals surface area (Å²) in [6, 6.07) is 9.75. The SMILES string of the molecule is CN1C(=O)C(C(=O)Nc2ccc(Oc3nc4ccc(OC(F)(F)F)cc4s3)cc2)C(=O)N(C)C1=S. The van der Waals surface area contributed by atoms with Crippen molar-refractivity contribution in [3.8, 4) is 16.7 Å². The van der Waals surface area contributed by atoms with E-state index in [0.29, 0.717) is 21.7 Å². The maximum Gasteiger partial charge on any atom is 0.573 e. The molecule has 0 unspecified atom stereocenters. The van der Waals surface area contributed by atoms with Gasteiger partial charge in [0.1, 0.15) is 11.5 Å². The van der Waals surface area contributed by atoms with Crippen LogP contribution >= 0.6 is 23.6 Å². The number of hydrogen-bond donors (Lipinski definition) is 1. The van der Waals surface area contributed by atoms with Gasteiger partial charge < -0.3 is 14.8 Å². The molecule has 3 aromatic rings. The number of aromatic nitrogens is 1. The smallest absolute Gasteiger partial charge is 0.431 e. The second kappa shape index (κ2) is 9.11. The third-order valence-electron chi connectivity index (χ3n) is 4.89. The molecule has 2 heterocycles. The lowest BCUT2D eigenvalue weighted by atomic mass is 10.0. The molecule has 0 radical (unpaired) electrons. The molecule has 1 fully saturated rings. The van der Waals surface area contributed by atoms with Crippen molar-refractivity contribution >= 4 is 62.3 Å². The van der Waals surface area contributed by atoms with E-state index in [1.54, 1.807) is 0 Å². The van der Waals surface area contributed by atoms with E-state index >= 15 is 0 Å². The summed E-state index contributed by atoms with van der Waals surface area (Å²) in [5.41, 5.74) is 0.735. The number of amides is 3. The Labute approximate surface area is 205 Å². The quantitative estimate of drug-likeness (QED) is 0.401. The van der Waals surface area contributed by atoms with Crippen molar-refractivity contribution in [2.24, 2.45) is 5.92 Å². The van der Waals surface area contributed by atoms with Gasteiger partial charge in [0.05, 0.1) is 10.2 Å². The van der Waals surface area contributed by atoms with Gasteiger partial charge >= 0.3 is 6.36 Å². The van der Waals surface area contributed by atoms with Crippen LogP contribution in [-0.4, -0.2) is 58.1 Å². The predicted molar refractivity (Wildman–Crippen MR) is 123 cm³/mol. The van der Waals surface area contributed by atoms with Crippen LogP contribution in [0.25, 0.3) is 10.2 Å². The number of carbonyl (C=O) groups excluding carboxylic acids is 3. The molecule has 2 aromatic carbocycles. The normalized spacial score (nSPS) is 15.1. The van der Waals surface area contributed by atoms with Crippen LogP contribution in [0.1, 0.15) is 0 Å². The Morgan fingerprint density at radius 2 is 1.66 bits per heavy atom. The van der Waals surface area contributed by atoms with Gasteiger partial charge in [-0.3, -0.25) is 24.2 Å². The van der Waals surface area contributed by atoms with E-state index in [4.69, 9.17) is 17.0 Å². The van der Waals surface area contributed by atoms with Crippen LogP contribution in [0.3, 0.4) is 0 Å². The average molecular weight is 525 g/mol. The molecule has 1 aliphatic rings. The Morgan fingerprint density at radius 1 is 1.06 bits per heavy atom. The van der Waals surface area contributed by atoms with Crippen molar-refractivity contribution < 1.29 is 37.0 Å². The van der Waals surface area contributed by atoms with Crippen molar-refractivity contribution in [3.63, 3.8) is 0 Å². The number of fused-ring (bicyclic) bond motifs is 1. The maximum atomic E-state index is 12.6. The molecule has 0 bridgehead atoms. The van der Waals surface area contributed by atoms with Gasteiger partial charge in [-0.2, -0.15) is 0 Å². The van der Waals surface area contributed by atoms with Crippen molar-refractivity contribution in [2.45, 2.75) is 6.36 Å². The number of rotatable bonds is 5. The number of thiazole rings is 1. The van der Waals surface area contributed by atoms with Gasteiger partial charge in [-0.05, 0) is 48.6 Å². The number of hydrogen-bond acceptors (Lipinski definition) is 8. The lowest BCUT2D eigenvalue weighted by Crippen LogP contribution is -2.59. The molecular formula is C21H15F3N4O5S2. The van der Waals surface area contributed by atoms with Crippen molar-refractivity contribution in [1.82, 2.24) is 14.8 Å². The molecule has 1 aliphatic heterocycles. The van der Waals surface area contributed by atoms with Crippen LogP contribution < -0.4 is 14.8 Å². The Hall–Kier alpha value is -3.78. The fourth-order valence-corrected chi connectivity index (χ4v) is 4.22. The zero-order valence-electron chi connectivity index (χ0n) is 18.0. The molecule has 1 aromatic heterocycles. The van der Waals surface area contributed by atoms with Gasteiger partial charge in [-0.1, -0.05) is 11.3 Å². The summed E-state index contributed by atoms with van der Waals surface area (Å²) in [6.45, 7) is 0. The number of thiocarbonyl (C=S) groups is 1.